The zero-order chi connectivity index (χ0) is 20.4. The van der Waals surface area contributed by atoms with E-state index in [1.54, 1.807) is 42.7 Å². The summed E-state index contributed by atoms with van der Waals surface area (Å²) in [6.45, 7) is 0.218. The van der Waals surface area contributed by atoms with Crippen LogP contribution in [0.2, 0.25) is 0 Å². The first kappa shape index (κ1) is 18.9. The topological polar surface area (TPSA) is 79.7 Å². The largest absolute Gasteiger partial charge is 0.507 e. The second-order valence-corrected chi connectivity index (χ2v) is 7.51. The van der Waals surface area contributed by atoms with Gasteiger partial charge < -0.3 is 14.7 Å². The zero-order valence-corrected chi connectivity index (χ0v) is 16.4. The summed E-state index contributed by atoms with van der Waals surface area (Å²) in [6, 6.07) is 13.5. The molecular weight excluding hydrogens is 388 g/mol. The smallest absolute Gasteiger partial charge is 0.295 e. The van der Waals surface area contributed by atoms with E-state index in [0.717, 1.165) is 10.4 Å². The number of Topliss-reactive ketones (excluding diaryl/α,β-unsaturated/α-hetero) is 1. The van der Waals surface area contributed by atoms with Crippen LogP contribution < -0.4 is 4.74 Å². The van der Waals surface area contributed by atoms with Gasteiger partial charge >= 0.3 is 0 Å². The minimum atomic E-state index is -0.701. The van der Waals surface area contributed by atoms with E-state index >= 15 is 0 Å². The minimum Gasteiger partial charge on any atom is -0.507 e. The van der Waals surface area contributed by atoms with E-state index in [4.69, 9.17) is 4.74 Å². The Morgan fingerprint density at radius 3 is 2.76 bits per heavy atom. The maximum atomic E-state index is 12.9. The first-order chi connectivity index (χ1) is 14.1. The summed E-state index contributed by atoms with van der Waals surface area (Å²) in [6.07, 6.45) is 3.31. The summed E-state index contributed by atoms with van der Waals surface area (Å²) < 4.78 is 5.21. The molecule has 1 fully saturated rings. The van der Waals surface area contributed by atoms with Crippen molar-refractivity contribution in [3.05, 3.63) is 87.9 Å². The van der Waals surface area contributed by atoms with Crippen molar-refractivity contribution in [3.8, 4) is 5.75 Å². The number of benzene rings is 1. The van der Waals surface area contributed by atoms with Crippen molar-refractivity contribution >= 4 is 28.8 Å². The van der Waals surface area contributed by atoms with Gasteiger partial charge in [-0.25, -0.2) is 0 Å². The lowest BCUT2D eigenvalue weighted by Crippen LogP contribution is -2.28. The molecule has 2 aromatic heterocycles. The number of pyridine rings is 1. The van der Waals surface area contributed by atoms with E-state index in [0.29, 0.717) is 11.3 Å². The van der Waals surface area contributed by atoms with Gasteiger partial charge in [-0.15, -0.1) is 11.3 Å². The fourth-order valence-corrected chi connectivity index (χ4v) is 4.25. The van der Waals surface area contributed by atoms with E-state index in [1.807, 2.05) is 23.6 Å². The second-order valence-electron chi connectivity index (χ2n) is 6.54. The number of thiophene rings is 1. The van der Waals surface area contributed by atoms with Crippen LogP contribution in [0.15, 0.2) is 71.9 Å². The van der Waals surface area contributed by atoms with E-state index in [2.05, 4.69) is 4.98 Å². The second kappa shape index (κ2) is 7.89. The van der Waals surface area contributed by atoms with Crippen LogP contribution in [0.4, 0.5) is 0 Å². The average molecular weight is 406 g/mol. The molecule has 1 N–H and O–H groups in total. The summed E-state index contributed by atoms with van der Waals surface area (Å²) in [5.41, 5.74) is 1.30. The van der Waals surface area contributed by atoms with Crippen molar-refractivity contribution in [2.75, 3.05) is 7.11 Å². The molecule has 0 unspecified atom stereocenters. The molecule has 1 saturated heterocycles. The normalized spacial score (nSPS) is 18.2. The number of nitrogens with zero attached hydrogens (tertiary/aromatic N) is 2. The van der Waals surface area contributed by atoms with Gasteiger partial charge in [0.1, 0.15) is 11.5 Å². The molecule has 29 heavy (non-hydrogen) atoms. The first-order valence-electron chi connectivity index (χ1n) is 8.95. The average Bonchev–Trinajstić information content (AvgIpc) is 3.37. The van der Waals surface area contributed by atoms with Crippen molar-refractivity contribution in [2.45, 2.75) is 12.6 Å². The molecule has 0 aliphatic carbocycles. The Hall–Kier alpha value is -3.45. The van der Waals surface area contributed by atoms with Gasteiger partial charge in [0.05, 0.1) is 18.7 Å². The Kier molecular flexibility index (Phi) is 5.14. The van der Waals surface area contributed by atoms with Crippen molar-refractivity contribution in [1.29, 1.82) is 0 Å². The molecule has 0 spiro atoms. The van der Waals surface area contributed by atoms with Crippen molar-refractivity contribution in [2.24, 2.45) is 0 Å². The highest BCUT2D eigenvalue weighted by Crippen LogP contribution is 2.42. The van der Waals surface area contributed by atoms with Gasteiger partial charge in [0, 0.05) is 29.4 Å². The lowest BCUT2D eigenvalue weighted by molar-refractivity contribution is -0.140. The van der Waals surface area contributed by atoms with Crippen molar-refractivity contribution in [1.82, 2.24) is 9.88 Å². The number of ketones is 1. The standard InChI is InChI=1S/C22H18N2O4S/c1-28-16-7-2-6-15(11-16)20(25)18-19(17-8-4-10-29-17)24(22(27)21(18)26)13-14-5-3-9-23-12-14/h2-12,19,25H,13H2,1H3/t19-/m1/s1. The summed E-state index contributed by atoms with van der Waals surface area (Å²) in [5, 5.41) is 12.9. The molecule has 1 atom stereocenters. The molecule has 1 amide bonds. The van der Waals surface area contributed by atoms with E-state index in [9.17, 15) is 14.7 Å². The maximum absolute atomic E-state index is 12.9. The third-order valence-corrected chi connectivity index (χ3v) is 5.70. The highest BCUT2D eigenvalue weighted by Gasteiger charge is 2.46. The molecular formula is C22H18N2O4S. The number of hydrogen-bond acceptors (Lipinski definition) is 6. The summed E-state index contributed by atoms with van der Waals surface area (Å²) in [4.78, 5) is 32.2. The number of rotatable bonds is 5. The molecule has 3 heterocycles. The molecule has 0 saturated carbocycles. The number of amides is 1. The molecule has 4 rings (SSSR count). The lowest BCUT2D eigenvalue weighted by atomic mass is 9.99. The highest BCUT2D eigenvalue weighted by atomic mass is 32.1. The van der Waals surface area contributed by atoms with Crippen molar-refractivity contribution in [3.63, 3.8) is 0 Å². The fraction of sp³-hybridized carbons (Fsp3) is 0.136. The molecule has 7 heteroatoms. The molecule has 1 aliphatic rings. The summed E-state index contributed by atoms with van der Waals surface area (Å²) in [7, 11) is 1.53. The van der Waals surface area contributed by atoms with Gasteiger partial charge in [0.25, 0.3) is 11.7 Å². The number of carbonyl (C=O) groups excluding carboxylic acids is 2. The monoisotopic (exact) mass is 406 g/mol. The summed E-state index contributed by atoms with van der Waals surface area (Å²) in [5.74, 6) is -1.01. The van der Waals surface area contributed by atoms with E-state index < -0.39 is 17.7 Å². The minimum absolute atomic E-state index is 0.0783. The predicted molar refractivity (Wildman–Crippen MR) is 109 cm³/mol. The van der Waals surface area contributed by atoms with Crippen LogP contribution in [-0.4, -0.2) is 33.8 Å². The van der Waals surface area contributed by atoms with Gasteiger partial charge in [-0.1, -0.05) is 24.3 Å². The van der Waals surface area contributed by atoms with Crippen LogP contribution in [0, 0.1) is 0 Å². The molecule has 1 aromatic carbocycles. The molecule has 1 aliphatic heterocycles. The Balaban J connectivity index is 1.83. The van der Waals surface area contributed by atoms with Gasteiger partial charge in [-0.3, -0.25) is 14.6 Å². The third kappa shape index (κ3) is 3.52. The first-order valence-corrected chi connectivity index (χ1v) is 9.83. The van der Waals surface area contributed by atoms with Gasteiger partial charge in [0.2, 0.25) is 0 Å². The highest BCUT2D eigenvalue weighted by molar-refractivity contribution is 7.10. The summed E-state index contributed by atoms with van der Waals surface area (Å²) >= 11 is 1.43. The number of likely N-dealkylation sites (tertiary alicyclic amines) is 1. The van der Waals surface area contributed by atoms with Crippen LogP contribution in [0.1, 0.15) is 22.0 Å². The number of aliphatic hydroxyl groups excluding tert-OH is 1. The number of carbonyl (C=O) groups is 2. The molecule has 6 nitrogen and oxygen atoms in total. The molecule has 146 valence electrons. The number of methoxy groups -OCH3 is 1. The SMILES string of the molecule is COc1cccc(C(O)=C2C(=O)C(=O)N(Cc3cccnc3)[C@@H]2c2cccs2)c1. The van der Waals surface area contributed by atoms with E-state index in [1.165, 1.54) is 23.3 Å². The number of aromatic nitrogens is 1. The zero-order valence-electron chi connectivity index (χ0n) is 15.6. The third-order valence-electron chi connectivity index (χ3n) is 4.77. The maximum Gasteiger partial charge on any atom is 0.295 e. The van der Waals surface area contributed by atoms with Crippen molar-refractivity contribution < 1.29 is 19.4 Å². The fourth-order valence-electron chi connectivity index (χ4n) is 3.40. The Morgan fingerprint density at radius 2 is 2.07 bits per heavy atom. The predicted octanol–water partition coefficient (Wildman–Crippen LogP) is 3.77. The number of ether oxygens (including phenoxy) is 1. The number of aliphatic hydroxyl groups is 1. The van der Waals surface area contributed by atoms with Gasteiger partial charge in [-0.05, 0) is 35.2 Å². The number of hydrogen-bond donors (Lipinski definition) is 1. The quantitative estimate of drug-likeness (QED) is 0.396. The van der Waals surface area contributed by atoms with E-state index in [-0.39, 0.29) is 17.9 Å². The van der Waals surface area contributed by atoms with Crippen LogP contribution >= 0.6 is 11.3 Å². The molecule has 0 radical (unpaired) electrons. The Labute approximate surface area is 171 Å². The van der Waals surface area contributed by atoms with Gasteiger partial charge in [0.15, 0.2) is 0 Å². The Morgan fingerprint density at radius 1 is 1.21 bits per heavy atom. The Bertz CT molecular complexity index is 1080. The van der Waals surface area contributed by atoms with Gasteiger partial charge in [-0.2, -0.15) is 0 Å². The van der Waals surface area contributed by atoms with Crippen LogP contribution in [0.25, 0.3) is 5.76 Å². The van der Waals surface area contributed by atoms with Crippen LogP contribution in [0.3, 0.4) is 0 Å². The molecule has 0 bridgehead atoms. The van der Waals surface area contributed by atoms with Crippen LogP contribution in [-0.2, 0) is 16.1 Å². The van der Waals surface area contributed by atoms with Crippen LogP contribution in [0.5, 0.6) is 5.75 Å². The lowest BCUT2D eigenvalue weighted by Gasteiger charge is -2.24. The molecule has 3 aromatic rings.